The van der Waals surface area contributed by atoms with Gasteiger partial charge < -0.3 is 10.4 Å². The molecule has 2 rings (SSSR count). The number of carboxylic acids is 1. The van der Waals surface area contributed by atoms with Gasteiger partial charge >= 0.3 is 5.97 Å². The molecular weight excluding hydrogens is 354 g/mol. The molecule has 2 aromatic carbocycles. The van der Waals surface area contributed by atoms with Crippen molar-refractivity contribution in [1.29, 1.82) is 0 Å². The maximum atomic E-state index is 12.2. The SMILES string of the molecule is CS(=O)(=O)Cc1ccc(C(=O)Nc2ccc(Cl)c(C(=O)O)c2)cc1. The van der Waals surface area contributed by atoms with E-state index in [-0.39, 0.29) is 16.3 Å². The molecule has 126 valence electrons. The van der Waals surface area contributed by atoms with E-state index in [0.717, 1.165) is 6.26 Å². The van der Waals surface area contributed by atoms with E-state index in [9.17, 15) is 18.0 Å². The maximum absolute atomic E-state index is 12.2. The van der Waals surface area contributed by atoms with Crippen molar-refractivity contribution in [3.63, 3.8) is 0 Å². The van der Waals surface area contributed by atoms with Gasteiger partial charge in [-0.3, -0.25) is 4.79 Å². The largest absolute Gasteiger partial charge is 0.478 e. The number of benzene rings is 2. The lowest BCUT2D eigenvalue weighted by molar-refractivity contribution is 0.0696. The lowest BCUT2D eigenvalue weighted by atomic mass is 10.1. The molecule has 0 saturated heterocycles. The first-order valence-corrected chi connectivity index (χ1v) is 9.20. The monoisotopic (exact) mass is 367 g/mol. The Labute approximate surface area is 144 Å². The summed E-state index contributed by atoms with van der Waals surface area (Å²) >= 11 is 5.77. The smallest absolute Gasteiger partial charge is 0.337 e. The van der Waals surface area contributed by atoms with Gasteiger partial charge in [-0.1, -0.05) is 23.7 Å². The Morgan fingerprint density at radius 3 is 2.29 bits per heavy atom. The van der Waals surface area contributed by atoms with Crippen molar-refractivity contribution in [2.75, 3.05) is 11.6 Å². The number of halogens is 1. The summed E-state index contributed by atoms with van der Waals surface area (Å²) in [5.74, 6) is -1.74. The number of sulfone groups is 1. The summed E-state index contributed by atoms with van der Waals surface area (Å²) in [4.78, 5) is 23.2. The summed E-state index contributed by atoms with van der Waals surface area (Å²) in [6.45, 7) is 0. The van der Waals surface area contributed by atoms with Gasteiger partial charge in [0.2, 0.25) is 0 Å². The van der Waals surface area contributed by atoms with E-state index in [1.165, 1.54) is 30.3 Å². The van der Waals surface area contributed by atoms with Gasteiger partial charge in [-0.05, 0) is 35.9 Å². The Hall–Kier alpha value is -2.38. The van der Waals surface area contributed by atoms with Crippen LogP contribution in [0.2, 0.25) is 5.02 Å². The Bertz CT molecular complexity index is 891. The Balaban J connectivity index is 2.15. The average Bonchev–Trinajstić information content (AvgIpc) is 2.48. The number of nitrogens with one attached hydrogen (secondary N) is 1. The third kappa shape index (κ3) is 4.81. The molecule has 0 spiro atoms. The van der Waals surface area contributed by atoms with Crippen LogP contribution >= 0.6 is 11.6 Å². The van der Waals surface area contributed by atoms with Crippen molar-refractivity contribution in [1.82, 2.24) is 0 Å². The van der Waals surface area contributed by atoms with Crippen LogP contribution in [0.5, 0.6) is 0 Å². The molecule has 0 aromatic heterocycles. The molecule has 0 fully saturated rings. The molecule has 0 bridgehead atoms. The maximum Gasteiger partial charge on any atom is 0.337 e. The molecule has 0 unspecified atom stereocenters. The van der Waals surface area contributed by atoms with E-state index in [2.05, 4.69) is 5.32 Å². The Kier molecular flexibility index (Phi) is 5.26. The van der Waals surface area contributed by atoms with Crippen molar-refractivity contribution in [3.8, 4) is 0 Å². The number of carbonyl (C=O) groups is 2. The summed E-state index contributed by atoms with van der Waals surface area (Å²) in [7, 11) is -3.14. The van der Waals surface area contributed by atoms with Crippen molar-refractivity contribution in [2.24, 2.45) is 0 Å². The van der Waals surface area contributed by atoms with Crippen LogP contribution in [0.15, 0.2) is 42.5 Å². The molecule has 0 aliphatic heterocycles. The average molecular weight is 368 g/mol. The van der Waals surface area contributed by atoms with E-state index in [1.54, 1.807) is 12.1 Å². The minimum atomic E-state index is -3.14. The summed E-state index contributed by atoms with van der Waals surface area (Å²) in [5.41, 5.74) is 1.08. The summed E-state index contributed by atoms with van der Waals surface area (Å²) in [6.07, 6.45) is 1.13. The van der Waals surface area contributed by atoms with Crippen LogP contribution in [0.1, 0.15) is 26.3 Å². The van der Waals surface area contributed by atoms with Crippen LogP contribution < -0.4 is 5.32 Å². The highest BCUT2D eigenvalue weighted by Crippen LogP contribution is 2.21. The third-order valence-electron chi connectivity index (χ3n) is 3.10. The van der Waals surface area contributed by atoms with Crippen molar-refractivity contribution >= 4 is 39.0 Å². The van der Waals surface area contributed by atoms with Crippen LogP contribution in [-0.4, -0.2) is 31.7 Å². The predicted octanol–water partition coefficient (Wildman–Crippen LogP) is 2.84. The minimum Gasteiger partial charge on any atom is -0.478 e. The van der Waals surface area contributed by atoms with Gasteiger partial charge in [0, 0.05) is 17.5 Å². The van der Waals surface area contributed by atoms with Gasteiger partial charge in [-0.2, -0.15) is 0 Å². The fourth-order valence-electron chi connectivity index (χ4n) is 2.03. The molecule has 0 heterocycles. The molecule has 0 saturated carbocycles. The topological polar surface area (TPSA) is 101 Å². The normalized spacial score (nSPS) is 11.1. The van der Waals surface area contributed by atoms with Crippen LogP contribution in [-0.2, 0) is 15.6 Å². The second-order valence-corrected chi connectivity index (χ2v) is 7.77. The molecular formula is C16H14ClNO5S. The van der Waals surface area contributed by atoms with Crippen molar-refractivity contribution in [3.05, 3.63) is 64.2 Å². The second-order valence-electron chi connectivity index (χ2n) is 5.22. The van der Waals surface area contributed by atoms with Crippen molar-refractivity contribution < 1.29 is 23.1 Å². The molecule has 1 amide bonds. The van der Waals surface area contributed by atoms with Gasteiger partial charge in [0.1, 0.15) is 0 Å². The Morgan fingerprint density at radius 1 is 1.12 bits per heavy atom. The lowest BCUT2D eigenvalue weighted by Crippen LogP contribution is -2.12. The van der Waals surface area contributed by atoms with Crippen LogP contribution in [0, 0.1) is 0 Å². The van der Waals surface area contributed by atoms with Gasteiger partial charge in [-0.25, -0.2) is 13.2 Å². The molecule has 0 atom stereocenters. The van der Waals surface area contributed by atoms with Crippen LogP contribution in [0.3, 0.4) is 0 Å². The summed E-state index contributed by atoms with van der Waals surface area (Å²) in [6, 6.07) is 10.3. The number of hydrogen-bond donors (Lipinski definition) is 2. The van der Waals surface area contributed by atoms with E-state index in [1.807, 2.05) is 0 Å². The molecule has 2 aromatic rings. The van der Waals surface area contributed by atoms with Gasteiger partial charge in [-0.15, -0.1) is 0 Å². The van der Waals surface area contributed by atoms with E-state index < -0.39 is 21.7 Å². The zero-order chi connectivity index (χ0) is 17.9. The van der Waals surface area contributed by atoms with Gasteiger partial charge in [0.15, 0.2) is 9.84 Å². The van der Waals surface area contributed by atoms with Gasteiger partial charge in [0.25, 0.3) is 5.91 Å². The highest BCUT2D eigenvalue weighted by atomic mass is 35.5. The van der Waals surface area contributed by atoms with Crippen molar-refractivity contribution in [2.45, 2.75) is 5.75 Å². The first-order valence-electron chi connectivity index (χ1n) is 6.76. The van der Waals surface area contributed by atoms with Crippen LogP contribution in [0.4, 0.5) is 5.69 Å². The first-order chi connectivity index (χ1) is 11.2. The number of carbonyl (C=O) groups excluding carboxylic acids is 1. The molecule has 0 radical (unpaired) electrons. The number of hydrogen-bond acceptors (Lipinski definition) is 4. The lowest BCUT2D eigenvalue weighted by Gasteiger charge is -2.08. The number of anilines is 1. The van der Waals surface area contributed by atoms with E-state index in [4.69, 9.17) is 16.7 Å². The zero-order valence-electron chi connectivity index (χ0n) is 12.6. The third-order valence-corrected chi connectivity index (χ3v) is 4.29. The highest BCUT2D eigenvalue weighted by molar-refractivity contribution is 7.89. The minimum absolute atomic E-state index is 0.0747. The number of aromatic carboxylic acids is 1. The number of amides is 1. The molecule has 8 heteroatoms. The quantitative estimate of drug-likeness (QED) is 0.846. The van der Waals surface area contributed by atoms with E-state index in [0.29, 0.717) is 16.8 Å². The summed E-state index contributed by atoms with van der Waals surface area (Å²) < 4.78 is 22.5. The highest BCUT2D eigenvalue weighted by Gasteiger charge is 2.12. The first kappa shape index (κ1) is 18.0. The fraction of sp³-hybridized carbons (Fsp3) is 0.125. The molecule has 2 N–H and O–H groups in total. The predicted molar refractivity (Wildman–Crippen MR) is 91.4 cm³/mol. The number of carboxylic acid groups (broad SMARTS) is 1. The Morgan fingerprint density at radius 2 is 1.75 bits per heavy atom. The molecule has 0 aliphatic carbocycles. The molecule has 24 heavy (non-hydrogen) atoms. The number of rotatable bonds is 5. The fourth-order valence-corrected chi connectivity index (χ4v) is 3.02. The molecule has 6 nitrogen and oxygen atoms in total. The summed E-state index contributed by atoms with van der Waals surface area (Å²) in [5, 5.41) is 11.7. The van der Waals surface area contributed by atoms with Crippen LogP contribution in [0.25, 0.3) is 0 Å². The second kappa shape index (κ2) is 7.02. The zero-order valence-corrected chi connectivity index (χ0v) is 14.2. The molecule has 0 aliphatic rings. The standard InChI is InChI=1S/C16H14ClNO5S/c1-24(22,23)9-10-2-4-11(5-3-10)15(19)18-12-6-7-14(17)13(8-12)16(20)21/h2-8H,9H2,1H3,(H,18,19)(H,20,21). The van der Waals surface area contributed by atoms with E-state index >= 15 is 0 Å². The van der Waals surface area contributed by atoms with Gasteiger partial charge in [0.05, 0.1) is 16.3 Å².